The zero-order valence-electron chi connectivity index (χ0n) is 7.82. The van der Waals surface area contributed by atoms with Gasteiger partial charge in [-0.25, -0.2) is 14.4 Å². The monoisotopic (exact) mass is 328 g/mol. The molecule has 1 heterocycles. The van der Waals surface area contributed by atoms with E-state index in [2.05, 4.69) is 25.9 Å². The maximum Gasteiger partial charge on any atom is 0.451 e. The van der Waals surface area contributed by atoms with Crippen molar-refractivity contribution in [1.29, 1.82) is 0 Å². The van der Waals surface area contributed by atoms with Crippen LogP contribution in [0.4, 0.5) is 17.6 Å². The Kier molecular flexibility index (Phi) is 2.99. The van der Waals surface area contributed by atoms with Crippen molar-refractivity contribution in [2.75, 3.05) is 0 Å². The second kappa shape index (κ2) is 4.06. The fourth-order valence-corrected chi connectivity index (χ4v) is 2.15. The van der Waals surface area contributed by atoms with E-state index in [-0.39, 0.29) is 5.39 Å². The Bertz CT molecular complexity index is 600. The van der Waals surface area contributed by atoms with Crippen LogP contribution in [0.15, 0.2) is 16.6 Å². The molecule has 0 bridgehead atoms. The molecule has 0 saturated heterocycles. The number of benzene rings is 1. The summed E-state index contributed by atoms with van der Waals surface area (Å²) in [5.41, 5.74) is -0.466. The predicted molar refractivity (Wildman–Crippen MR) is 57.2 cm³/mol. The van der Waals surface area contributed by atoms with Gasteiger partial charge in [-0.2, -0.15) is 13.2 Å². The van der Waals surface area contributed by atoms with Gasteiger partial charge >= 0.3 is 6.18 Å². The Hall–Kier alpha value is -0.950. The van der Waals surface area contributed by atoms with Crippen LogP contribution in [0.25, 0.3) is 10.9 Å². The quantitative estimate of drug-likeness (QED) is 0.535. The van der Waals surface area contributed by atoms with Crippen molar-refractivity contribution in [2.24, 2.45) is 0 Å². The number of nitrogens with zero attached hydrogens (tertiary/aromatic N) is 2. The van der Waals surface area contributed by atoms with Crippen LogP contribution in [0.5, 0.6) is 0 Å². The lowest BCUT2D eigenvalue weighted by atomic mass is 10.2. The van der Waals surface area contributed by atoms with Crippen molar-refractivity contribution in [3.8, 4) is 0 Å². The fourth-order valence-electron chi connectivity index (χ4n) is 1.25. The number of hydrogen-bond acceptors (Lipinski definition) is 2. The van der Waals surface area contributed by atoms with Crippen molar-refractivity contribution in [2.45, 2.75) is 6.18 Å². The van der Waals surface area contributed by atoms with Gasteiger partial charge in [-0.05, 0) is 28.1 Å². The number of alkyl halides is 3. The van der Waals surface area contributed by atoms with Gasteiger partial charge in [0.15, 0.2) is 0 Å². The van der Waals surface area contributed by atoms with E-state index in [4.69, 9.17) is 11.6 Å². The van der Waals surface area contributed by atoms with E-state index in [1.165, 1.54) is 6.07 Å². The third-order valence-corrected chi connectivity index (χ3v) is 2.89. The molecule has 1 aromatic carbocycles. The highest BCUT2D eigenvalue weighted by Gasteiger charge is 2.36. The van der Waals surface area contributed by atoms with Gasteiger partial charge in [-0.3, -0.25) is 0 Å². The second-order valence-corrected chi connectivity index (χ2v) is 4.30. The number of hydrogen-bond donors (Lipinski definition) is 0. The molecule has 0 radical (unpaired) electrons. The first-order chi connectivity index (χ1) is 7.80. The standard InChI is InChI=1S/C9H2BrClF4N2/c10-3-1-2-4(12)6-5(3)7(11)17-8(16-6)9(13,14)15/h1-2H. The lowest BCUT2D eigenvalue weighted by Crippen LogP contribution is -2.11. The molecule has 0 aliphatic carbocycles. The third-order valence-electron chi connectivity index (χ3n) is 1.96. The maximum atomic E-state index is 13.4. The summed E-state index contributed by atoms with van der Waals surface area (Å²) in [6.07, 6.45) is -4.77. The minimum atomic E-state index is -4.77. The van der Waals surface area contributed by atoms with Crippen molar-refractivity contribution in [1.82, 2.24) is 9.97 Å². The summed E-state index contributed by atoms with van der Waals surface area (Å²) in [4.78, 5) is 6.25. The zero-order chi connectivity index (χ0) is 12.8. The first kappa shape index (κ1) is 12.5. The lowest BCUT2D eigenvalue weighted by molar-refractivity contribution is -0.144. The van der Waals surface area contributed by atoms with Crippen molar-refractivity contribution in [3.05, 3.63) is 33.4 Å². The largest absolute Gasteiger partial charge is 0.451 e. The Morgan fingerprint density at radius 3 is 2.41 bits per heavy atom. The van der Waals surface area contributed by atoms with Crippen LogP contribution < -0.4 is 0 Å². The Balaban J connectivity index is 2.87. The van der Waals surface area contributed by atoms with Gasteiger partial charge in [0, 0.05) is 4.47 Å². The van der Waals surface area contributed by atoms with Crippen LogP contribution in [-0.4, -0.2) is 9.97 Å². The predicted octanol–water partition coefficient (Wildman–Crippen LogP) is 4.20. The highest BCUT2D eigenvalue weighted by atomic mass is 79.9. The number of fused-ring (bicyclic) bond motifs is 1. The summed E-state index contributed by atoms with van der Waals surface area (Å²) in [6.45, 7) is 0. The van der Waals surface area contributed by atoms with Crippen LogP contribution in [-0.2, 0) is 6.18 Å². The number of aromatic nitrogens is 2. The number of rotatable bonds is 0. The van der Waals surface area contributed by atoms with Crippen molar-refractivity contribution >= 4 is 38.4 Å². The second-order valence-electron chi connectivity index (χ2n) is 3.09. The third kappa shape index (κ3) is 2.21. The molecule has 17 heavy (non-hydrogen) atoms. The fraction of sp³-hybridized carbons (Fsp3) is 0.111. The molecule has 1 aromatic heterocycles. The van der Waals surface area contributed by atoms with E-state index in [0.717, 1.165) is 6.07 Å². The molecule has 0 N–H and O–H groups in total. The molecule has 2 aromatic rings. The van der Waals surface area contributed by atoms with Gasteiger partial charge in [0.1, 0.15) is 16.5 Å². The molecular weight excluding hydrogens is 327 g/mol. The minimum Gasteiger partial charge on any atom is -0.221 e. The SMILES string of the molecule is Fc1ccc(Br)c2c(Cl)nc(C(F)(F)F)nc12. The van der Waals surface area contributed by atoms with Crippen LogP contribution >= 0.6 is 27.5 Å². The highest BCUT2D eigenvalue weighted by molar-refractivity contribution is 9.10. The molecule has 0 saturated carbocycles. The maximum absolute atomic E-state index is 13.4. The molecule has 0 amide bonds. The van der Waals surface area contributed by atoms with E-state index in [9.17, 15) is 17.6 Å². The molecule has 0 fully saturated rings. The molecule has 0 atom stereocenters. The van der Waals surface area contributed by atoms with Gasteiger partial charge in [0.25, 0.3) is 0 Å². The molecule has 90 valence electrons. The van der Waals surface area contributed by atoms with Crippen LogP contribution in [0.1, 0.15) is 5.82 Å². The van der Waals surface area contributed by atoms with Gasteiger partial charge < -0.3 is 0 Å². The summed E-state index contributed by atoms with van der Waals surface area (Å²) >= 11 is 8.64. The molecule has 0 unspecified atom stereocenters. The molecule has 0 aliphatic heterocycles. The zero-order valence-corrected chi connectivity index (χ0v) is 10.2. The Labute approximate surface area is 106 Å². The smallest absolute Gasteiger partial charge is 0.221 e. The highest BCUT2D eigenvalue weighted by Crippen LogP contribution is 2.34. The molecule has 8 heteroatoms. The summed E-state index contributed by atoms with van der Waals surface area (Å²) < 4.78 is 50.9. The summed E-state index contributed by atoms with van der Waals surface area (Å²) in [6, 6.07) is 2.32. The number of halogens is 6. The first-order valence-electron chi connectivity index (χ1n) is 4.19. The van der Waals surface area contributed by atoms with Gasteiger partial charge in [0.05, 0.1) is 5.39 Å². The summed E-state index contributed by atoms with van der Waals surface area (Å²) in [5, 5.41) is -0.437. The van der Waals surface area contributed by atoms with Gasteiger partial charge in [-0.1, -0.05) is 11.6 Å². The lowest BCUT2D eigenvalue weighted by Gasteiger charge is -2.08. The van der Waals surface area contributed by atoms with Gasteiger partial charge in [0.2, 0.25) is 5.82 Å². The van der Waals surface area contributed by atoms with E-state index < -0.39 is 28.5 Å². The Morgan fingerprint density at radius 2 is 1.82 bits per heavy atom. The molecular formula is C9H2BrClF4N2. The van der Waals surface area contributed by atoms with Crippen molar-refractivity contribution in [3.63, 3.8) is 0 Å². The molecule has 2 nitrogen and oxygen atoms in total. The van der Waals surface area contributed by atoms with Gasteiger partial charge in [-0.15, -0.1) is 0 Å². The van der Waals surface area contributed by atoms with E-state index in [1.54, 1.807) is 0 Å². The molecule has 0 aliphatic rings. The summed E-state index contributed by atoms with van der Waals surface area (Å²) in [7, 11) is 0. The average molecular weight is 329 g/mol. The molecule has 0 spiro atoms. The molecule has 2 rings (SSSR count). The van der Waals surface area contributed by atoms with Crippen LogP contribution in [0.3, 0.4) is 0 Å². The van der Waals surface area contributed by atoms with E-state index >= 15 is 0 Å². The van der Waals surface area contributed by atoms with E-state index in [0.29, 0.717) is 4.47 Å². The minimum absolute atomic E-state index is 0.0136. The van der Waals surface area contributed by atoms with Crippen molar-refractivity contribution < 1.29 is 17.6 Å². The average Bonchev–Trinajstić information content (AvgIpc) is 2.21. The normalized spacial score (nSPS) is 12.1. The van der Waals surface area contributed by atoms with E-state index in [1.807, 2.05) is 0 Å². The van der Waals surface area contributed by atoms with Crippen LogP contribution in [0.2, 0.25) is 5.15 Å². The topological polar surface area (TPSA) is 25.8 Å². The van der Waals surface area contributed by atoms with Crippen LogP contribution in [0, 0.1) is 5.82 Å². The Morgan fingerprint density at radius 1 is 1.18 bits per heavy atom. The first-order valence-corrected chi connectivity index (χ1v) is 5.36. The summed E-state index contributed by atoms with van der Waals surface area (Å²) in [5.74, 6) is -2.36.